The van der Waals surface area contributed by atoms with Crippen molar-refractivity contribution in [2.75, 3.05) is 0 Å². The number of rotatable bonds is 3. The third-order valence-corrected chi connectivity index (χ3v) is 3.78. The van der Waals surface area contributed by atoms with E-state index in [9.17, 15) is 5.26 Å². The van der Waals surface area contributed by atoms with Crippen LogP contribution in [-0.4, -0.2) is 4.98 Å². The first-order chi connectivity index (χ1) is 11.3. The van der Waals surface area contributed by atoms with Crippen LogP contribution in [0.4, 0.5) is 0 Å². The Bertz CT molecular complexity index is 885. The number of nitriles is 2. The molecule has 108 valence electrons. The van der Waals surface area contributed by atoms with Crippen LogP contribution in [0.15, 0.2) is 73.1 Å². The zero-order valence-electron chi connectivity index (χ0n) is 12.3. The SMILES string of the molecule is N#Cc1ccc(C(c2cccnc2)c2ccccc2C#N)cc1. The van der Waals surface area contributed by atoms with E-state index >= 15 is 0 Å². The Hall–Kier alpha value is -3.43. The fourth-order valence-electron chi connectivity index (χ4n) is 2.70. The molecule has 0 radical (unpaired) electrons. The summed E-state index contributed by atoms with van der Waals surface area (Å²) in [5, 5.41) is 18.4. The van der Waals surface area contributed by atoms with E-state index in [0.717, 1.165) is 16.7 Å². The van der Waals surface area contributed by atoms with E-state index in [2.05, 4.69) is 17.1 Å². The van der Waals surface area contributed by atoms with Crippen molar-refractivity contribution >= 4 is 0 Å². The number of hydrogen-bond donors (Lipinski definition) is 0. The van der Waals surface area contributed by atoms with E-state index in [1.807, 2.05) is 54.7 Å². The third kappa shape index (κ3) is 2.95. The van der Waals surface area contributed by atoms with Crippen LogP contribution in [0.2, 0.25) is 0 Å². The maximum absolute atomic E-state index is 9.43. The van der Waals surface area contributed by atoms with Gasteiger partial charge in [-0.1, -0.05) is 36.4 Å². The van der Waals surface area contributed by atoms with E-state index < -0.39 is 0 Å². The van der Waals surface area contributed by atoms with E-state index in [1.165, 1.54) is 0 Å². The van der Waals surface area contributed by atoms with Crippen molar-refractivity contribution < 1.29 is 0 Å². The van der Waals surface area contributed by atoms with Gasteiger partial charge in [0.05, 0.1) is 23.3 Å². The summed E-state index contributed by atoms with van der Waals surface area (Å²) >= 11 is 0. The standard InChI is InChI=1S/C20H13N3/c21-12-15-7-9-16(10-8-15)20(18-5-3-11-23-14-18)19-6-2-1-4-17(19)13-22/h1-11,14,20H. The van der Waals surface area contributed by atoms with Gasteiger partial charge in [0.15, 0.2) is 0 Å². The number of hydrogen-bond acceptors (Lipinski definition) is 3. The summed E-state index contributed by atoms with van der Waals surface area (Å²) in [5.74, 6) is -0.0905. The van der Waals surface area contributed by atoms with Crippen molar-refractivity contribution in [3.05, 3.63) is 101 Å². The van der Waals surface area contributed by atoms with E-state index in [4.69, 9.17) is 5.26 Å². The molecule has 3 rings (SSSR count). The average Bonchev–Trinajstić information content (AvgIpc) is 2.64. The smallest absolute Gasteiger partial charge is 0.0994 e. The van der Waals surface area contributed by atoms with Crippen LogP contribution >= 0.6 is 0 Å². The lowest BCUT2D eigenvalue weighted by molar-refractivity contribution is 0.958. The van der Waals surface area contributed by atoms with Crippen LogP contribution in [0.3, 0.4) is 0 Å². The van der Waals surface area contributed by atoms with Gasteiger partial charge in [-0.3, -0.25) is 4.98 Å². The van der Waals surface area contributed by atoms with Crippen LogP contribution < -0.4 is 0 Å². The highest BCUT2D eigenvalue weighted by Gasteiger charge is 2.19. The fraction of sp³-hybridized carbons (Fsp3) is 0.0500. The van der Waals surface area contributed by atoms with Gasteiger partial charge in [-0.05, 0) is 41.0 Å². The lowest BCUT2D eigenvalue weighted by Crippen LogP contribution is -2.06. The van der Waals surface area contributed by atoms with Crippen molar-refractivity contribution in [3.63, 3.8) is 0 Å². The lowest BCUT2D eigenvalue weighted by atomic mass is 9.83. The minimum atomic E-state index is -0.0905. The van der Waals surface area contributed by atoms with Gasteiger partial charge in [-0.2, -0.15) is 10.5 Å². The number of nitrogens with zero attached hydrogens (tertiary/aromatic N) is 3. The molecule has 3 heteroatoms. The summed E-state index contributed by atoms with van der Waals surface area (Å²) in [6, 6.07) is 23.3. The molecule has 0 aliphatic carbocycles. The molecular weight excluding hydrogens is 282 g/mol. The molecule has 3 aromatic rings. The summed E-state index contributed by atoms with van der Waals surface area (Å²) in [6.45, 7) is 0. The van der Waals surface area contributed by atoms with E-state index in [0.29, 0.717) is 11.1 Å². The largest absolute Gasteiger partial charge is 0.264 e. The Morgan fingerprint density at radius 1 is 0.783 bits per heavy atom. The molecule has 0 aliphatic heterocycles. The summed E-state index contributed by atoms with van der Waals surface area (Å²) in [6.07, 6.45) is 3.55. The zero-order chi connectivity index (χ0) is 16.1. The highest BCUT2D eigenvalue weighted by Crippen LogP contribution is 2.33. The van der Waals surface area contributed by atoms with Crippen LogP contribution in [0.5, 0.6) is 0 Å². The molecule has 1 heterocycles. The maximum atomic E-state index is 9.43. The topological polar surface area (TPSA) is 60.5 Å². The molecule has 0 saturated carbocycles. The Morgan fingerprint density at radius 2 is 1.57 bits per heavy atom. The molecule has 0 bridgehead atoms. The number of aromatic nitrogens is 1. The van der Waals surface area contributed by atoms with E-state index in [-0.39, 0.29) is 5.92 Å². The predicted molar refractivity (Wildman–Crippen MR) is 87.5 cm³/mol. The van der Waals surface area contributed by atoms with Gasteiger partial charge in [0, 0.05) is 18.3 Å². The quantitative estimate of drug-likeness (QED) is 0.733. The summed E-state index contributed by atoms with van der Waals surface area (Å²) < 4.78 is 0. The van der Waals surface area contributed by atoms with Crippen molar-refractivity contribution in [1.82, 2.24) is 4.98 Å². The first-order valence-electron chi connectivity index (χ1n) is 7.22. The van der Waals surface area contributed by atoms with Crippen LogP contribution in [0.25, 0.3) is 0 Å². The van der Waals surface area contributed by atoms with Gasteiger partial charge in [0.25, 0.3) is 0 Å². The maximum Gasteiger partial charge on any atom is 0.0994 e. The Balaban J connectivity index is 2.19. The van der Waals surface area contributed by atoms with Crippen molar-refractivity contribution in [2.45, 2.75) is 5.92 Å². The van der Waals surface area contributed by atoms with Gasteiger partial charge < -0.3 is 0 Å². The molecule has 3 nitrogen and oxygen atoms in total. The molecule has 1 unspecified atom stereocenters. The highest BCUT2D eigenvalue weighted by atomic mass is 14.6. The van der Waals surface area contributed by atoms with Crippen molar-refractivity contribution in [1.29, 1.82) is 10.5 Å². The predicted octanol–water partition coefficient (Wildman–Crippen LogP) is 4.01. The van der Waals surface area contributed by atoms with Gasteiger partial charge >= 0.3 is 0 Å². The second kappa shape index (κ2) is 6.56. The second-order valence-electron chi connectivity index (χ2n) is 5.15. The summed E-state index contributed by atoms with van der Waals surface area (Å²) in [4.78, 5) is 4.21. The molecule has 23 heavy (non-hydrogen) atoms. The van der Waals surface area contributed by atoms with Gasteiger partial charge in [0.2, 0.25) is 0 Å². The minimum Gasteiger partial charge on any atom is -0.264 e. The zero-order valence-corrected chi connectivity index (χ0v) is 12.3. The molecule has 0 fully saturated rings. The van der Waals surface area contributed by atoms with E-state index in [1.54, 1.807) is 18.3 Å². The molecule has 1 atom stereocenters. The molecule has 0 spiro atoms. The fourth-order valence-corrected chi connectivity index (χ4v) is 2.70. The van der Waals surface area contributed by atoms with Gasteiger partial charge in [-0.25, -0.2) is 0 Å². The molecule has 0 aliphatic rings. The minimum absolute atomic E-state index is 0.0905. The molecular formula is C20H13N3. The van der Waals surface area contributed by atoms with Gasteiger partial charge in [-0.15, -0.1) is 0 Å². The molecule has 0 saturated heterocycles. The summed E-state index contributed by atoms with van der Waals surface area (Å²) in [7, 11) is 0. The molecule has 1 aromatic heterocycles. The number of pyridine rings is 1. The molecule has 0 amide bonds. The summed E-state index contributed by atoms with van der Waals surface area (Å²) in [5.41, 5.74) is 4.24. The van der Waals surface area contributed by atoms with Crippen LogP contribution in [0, 0.1) is 22.7 Å². The Morgan fingerprint density at radius 3 is 2.22 bits per heavy atom. The first-order valence-corrected chi connectivity index (χ1v) is 7.22. The monoisotopic (exact) mass is 295 g/mol. The van der Waals surface area contributed by atoms with Crippen molar-refractivity contribution in [3.8, 4) is 12.1 Å². The highest BCUT2D eigenvalue weighted by molar-refractivity contribution is 5.50. The second-order valence-corrected chi connectivity index (χ2v) is 5.15. The van der Waals surface area contributed by atoms with Crippen LogP contribution in [-0.2, 0) is 0 Å². The number of benzene rings is 2. The first kappa shape index (κ1) is 14.5. The third-order valence-electron chi connectivity index (χ3n) is 3.78. The lowest BCUT2D eigenvalue weighted by Gasteiger charge is -2.19. The normalized spacial score (nSPS) is 11.2. The van der Waals surface area contributed by atoms with Gasteiger partial charge in [0.1, 0.15) is 0 Å². The van der Waals surface area contributed by atoms with Crippen molar-refractivity contribution in [2.24, 2.45) is 0 Å². The molecule has 2 aromatic carbocycles. The Labute approximate surface area is 135 Å². The Kier molecular flexibility index (Phi) is 4.13. The average molecular weight is 295 g/mol. The molecule has 0 N–H and O–H groups in total. The van der Waals surface area contributed by atoms with Crippen LogP contribution in [0.1, 0.15) is 33.7 Å².